The number of nitrogens with one attached hydrogen (secondary N) is 1. The average Bonchev–Trinajstić information content (AvgIpc) is 3.23. The summed E-state index contributed by atoms with van der Waals surface area (Å²) in [5, 5.41) is 13.3. The summed E-state index contributed by atoms with van der Waals surface area (Å²) in [6.45, 7) is 2.05. The maximum Gasteiger partial charge on any atom is 0.329 e. The van der Waals surface area contributed by atoms with Gasteiger partial charge in [0.05, 0.1) is 29.5 Å². The molecule has 3 aromatic rings. The molecule has 0 radical (unpaired) electrons. The molecule has 2 heterocycles. The Balaban J connectivity index is 1.42. The zero-order valence-corrected chi connectivity index (χ0v) is 20.6. The van der Waals surface area contributed by atoms with Crippen LogP contribution in [0, 0.1) is 0 Å². The number of hydrogen-bond donors (Lipinski definition) is 2. The Bertz CT molecular complexity index is 1220. The first-order chi connectivity index (χ1) is 18.0. The van der Waals surface area contributed by atoms with Gasteiger partial charge in [0.25, 0.3) is 0 Å². The van der Waals surface area contributed by atoms with Gasteiger partial charge in [0.15, 0.2) is 6.04 Å². The molecule has 1 unspecified atom stereocenters. The van der Waals surface area contributed by atoms with Crippen molar-refractivity contribution in [3.05, 3.63) is 96.6 Å². The highest BCUT2D eigenvalue weighted by Crippen LogP contribution is 2.37. The predicted molar refractivity (Wildman–Crippen MR) is 141 cm³/mol. The SMILES string of the molecule is CC(NC(=O)N1[C@H]2CC[C@@H]1[C@@H](C(=O)O)N(C(=O)N(c1ccccc1)c1ccccc1)C2)c1ccccc1. The molecule has 0 spiro atoms. The molecular formula is C29H30N4O4. The van der Waals surface area contributed by atoms with Crippen LogP contribution >= 0.6 is 0 Å². The number of carbonyl (C=O) groups is 3. The molecule has 37 heavy (non-hydrogen) atoms. The van der Waals surface area contributed by atoms with Gasteiger partial charge in [0.2, 0.25) is 0 Å². The third-order valence-electron chi connectivity index (χ3n) is 7.25. The van der Waals surface area contributed by atoms with Crippen LogP contribution in [0.5, 0.6) is 0 Å². The molecule has 2 bridgehead atoms. The third-order valence-corrected chi connectivity index (χ3v) is 7.25. The zero-order valence-electron chi connectivity index (χ0n) is 20.6. The molecule has 0 saturated carbocycles. The quantitative estimate of drug-likeness (QED) is 0.517. The van der Waals surface area contributed by atoms with Gasteiger partial charge in [-0.2, -0.15) is 0 Å². The summed E-state index contributed by atoms with van der Waals surface area (Å²) in [7, 11) is 0. The van der Waals surface area contributed by atoms with Gasteiger partial charge in [-0.1, -0.05) is 66.7 Å². The summed E-state index contributed by atoms with van der Waals surface area (Å²) in [5.74, 6) is -1.12. The molecule has 190 valence electrons. The predicted octanol–water partition coefficient (Wildman–Crippen LogP) is 5.02. The van der Waals surface area contributed by atoms with E-state index >= 15 is 0 Å². The molecule has 0 aromatic heterocycles. The van der Waals surface area contributed by atoms with E-state index in [2.05, 4.69) is 5.32 Å². The van der Waals surface area contributed by atoms with Gasteiger partial charge in [-0.05, 0) is 49.6 Å². The second kappa shape index (κ2) is 10.3. The second-order valence-electron chi connectivity index (χ2n) is 9.51. The van der Waals surface area contributed by atoms with Gasteiger partial charge < -0.3 is 20.2 Å². The average molecular weight is 499 g/mol. The molecule has 2 aliphatic rings. The minimum absolute atomic E-state index is 0.148. The van der Waals surface area contributed by atoms with E-state index in [9.17, 15) is 19.5 Å². The number of anilines is 2. The van der Waals surface area contributed by atoms with Gasteiger partial charge in [-0.25, -0.2) is 14.4 Å². The van der Waals surface area contributed by atoms with Crippen LogP contribution in [0.3, 0.4) is 0 Å². The Labute approximate surface area is 216 Å². The smallest absolute Gasteiger partial charge is 0.329 e. The molecule has 8 nitrogen and oxygen atoms in total. The summed E-state index contributed by atoms with van der Waals surface area (Å²) >= 11 is 0. The van der Waals surface area contributed by atoms with Crippen LogP contribution in [-0.4, -0.2) is 57.6 Å². The first-order valence-corrected chi connectivity index (χ1v) is 12.5. The van der Waals surface area contributed by atoms with E-state index in [0.717, 1.165) is 5.56 Å². The molecule has 4 amide bonds. The molecule has 2 N–H and O–H groups in total. The number of benzene rings is 3. The fourth-order valence-electron chi connectivity index (χ4n) is 5.50. The molecule has 3 aromatic carbocycles. The van der Waals surface area contributed by atoms with Crippen molar-refractivity contribution in [1.82, 2.24) is 15.1 Å². The van der Waals surface area contributed by atoms with E-state index in [4.69, 9.17) is 0 Å². The van der Waals surface area contributed by atoms with Crippen molar-refractivity contribution in [3.8, 4) is 0 Å². The van der Waals surface area contributed by atoms with Crippen molar-refractivity contribution in [1.29, 1.82) is 0 Å². The first kappa shape index (κ1) is 24.4. The van der Waals surface area contributed by atoms with E-state index in [1.54, 1.807) is 9.80 Å². The van der Waals surface area contributed by atoms with Gasteiger partial charge in [0, 0.05) is 6.54 Å². The molecule has 2 aliphatic heterocycles. The lowest BCUT2D eigenvalue weighted by molar-refractivity contribution is -0.145. The number of fused-ring (bicyclic) bond motifs is 2. The lowest BCUT2D eigenvalue weighted by Gasteiger charge is -2.46. The highest BCUT2D eigenvalue weighted by atomic mass is 16.4. The van der Waals surface area contributed by atoms with Crippen molar-refractivity contribution in [2.45, 2.75) is 43.9 Å². The number of para-hydroxylation sites is 2. The van der Waals surface area contributed by atoms with E-state index in [-0.39, 0.29) is 24.7 Å². The summed E-state index contributed by atoms with van der Waals surface area (Å²) in [4.78, 5) is 44.6. The van der Waals surface area contributed by atoms with E-state index < -0.39 is 24.1 Å². The number of rotatable bonds is 5. The summed E-state index contributed by atoms with van der Waals surface area (Å²) < 4.78 is 0. The second-order valence-corrected chi connectivity index (χ2v) is 9.51. The number of piperazine rings is 1. The van der Waals surface area contributed by atoms with Crippen LogP contribution < -0.4 is 10.2 Å². The molecule has 5 rings (SSSR count). The number of amides is 4. The minimum Gasteiger partial charge on any atom is -0.480 e. The fourth-order valence-corrected chi connectivity index (χ4v) is 5.50. The zero-order chi connectivity index (χ0) is 25.9. The fraction of sp³-hybridized carbons (Fsp3) is 0.276. The van der Waals surface area contributed by atoms with Crippen LogP contribution in [0.25, 0.3) is 0 Å². The largest absolute Gasteiger partial charge is 0.480 e. The van der Waals surface area contributed by atoms with Crippen LogP contribution in [0.1, 0.15) is 31.4 Å². The lowest BCUT2D eigenvalue weighted by Crippen LogP contribution is -2.67. The van der Waals surface area contributed by atoms with Gasteiger partial charge in [-0.3, -0.25) is 4.90 Å². The maximum absolute atomic E-state index is 14.0. The number of urea groups is 2. The Morgan fingerprint density at radius 3 is 1.95 bits per heavy atom. The number of aliphatic carboxylic acids is 1. The Kier molecular flexibility index (Phi) is 6.81. The number of likely N-dealkylation sites (tertiary alicyclic amines) is 1. The van der Waals surface area contributed by atoms with E-state index in [1.807, 2.05) is 97.9 Å². The van der Waals surface area contributed by atoms with Crippen molar-refractivity contribution >= 4 is 29.4 Å². The molecule has 2 fully saturated rings. The number of nitrogens with zero attached hydrogens (tertiary/aromatic N) is 3. The van der Waals surface area contributed by atoms with Crippen LogP contribution in [0.15, 0.2) is 91.0 Å². The van der Waals surface area contributed by atoms with Crippen LogP contribution in [0.4, 0.5) is 21.0 Å². The number of carboxylic acid groups (broad SMARTS) is 1. The highest BCUT2D eigenvalue weighted by Gasteiger charge is 2.53. The van der Waals surface area contributed by atoms with Crippen molar-refractivity contribution in [2.75, 3.05) is 11.4 Å². The molecular weight excluding hydrogens is 468 g/mol. The monoisotopic (exact) mass is 498 g/mol. The standard InChI is InChI=1S/C29H30N4O4/c1-20(21-11-5-2-6-12-21)30-28(36)33-24-17-18-25(33)26(27(34)35)31(19-24)29(37)32(22-13-7-3-8-14-22)23-15-9-4-10-16-23/h2-16,20,24-26H,17-19H2,1H3,(H,30,36)(H,34,35)/t20?,24-,25+,26-/m0/s1. The third kappa shape index (κ3) is 4.74. The summed E-state index contributed by atoms with van der Waals surface area (Å²) in [6.07, 6.45) is 1.16. The van der Waals surface area contributed by atoms with Crippen molar-refractivity contribution in [2.24, 2.45) is 0 Å². The lowest BCUT2D eigenvalue weighted by atomic mass is 10.0. The van der Waals surface area contributed by atoms with Crippen molar-refractivity contribution in [3.63, 3.8) is 0 Å². The van der Waals surface area contributed by atoms with Crippen molar-refractivity contribution < 1.29 is 19.5 Å². The highest BCUT2D eigenvalue weighted by molar-refractivity contribution is 6.01. The molecule has 8 heteroatoms. The normalized spacial score (nSPS) is 21.3. The first-order valence-electron chi connectivity index (χ1n) is 12.5. The topological polar surface area (TPSA) is 93.2 Å². The van der Waals surface area contributed by atoms with Gasteiger partial charge in [-0.15, -0.1) is 0 Å². The maximum atomic E-state index is 14.0. The summed E-state index contributed by atoms with van der Waals surface area (Å²) in [5.41, 5.74) is 2.26. The van der Waals surface area contributed by atoms with Gasteiger partial charge in [0.1, 0.15) is 0 Å². The minimum atomic E-state index is -1.15. The molecule has 4 atom stereocenters. The number of carbonyl (C=O) groups excluding carboxylic acids is 2. The summed E-state index contributed by atoms with van der Waals surface area (Å²) in [6, 6.07) is 25.0. The molecule has 2 saturated heterocycles. The van der Waals surface area contributed by atoms with Crippen LogP contribution in [0.2, 0.25) is 0 Å². The van der Waals surface area contributed by atoms with E-state index in [1.165, 1.54) is 4.90 Å². The van der Waals surface area contributed by atoms with Gasteiger partial charge >= 0.3 is 18.0 Å². The Morgan fingerprint density at radius 2 is 1.41 bits per heavy atom. The number of carboxylic acids is 1. The number of hydrogen-bond acceptors (Lipinski definition) is 3. The molecule has 0 aliphatic carbocycles. The Hall–Kier alpha value is -4.33. The van der Waals surface area contributed by atoms with E-state index in [0.29, 0.717) is 24.2 Å². The van der Waals surface area contributed by atoms with Crippen LogP contribution in [-0.2, 0) is 4.79 Å². The Morgan fingerprint density at radius 1 is 0.865 bits per heavy atom.